The number of carbonyl (C=O) groups is 1. The summed E-state index contributed by atoms with van der Waals surface area (Å²) in [5.74, 6) is -0.699. The molecule has 0 amide bonds. The topological polar surface area (TPSA) is 77.9 Å². The molecular weight excluding hydrogens is 280 g/mol. The minimum absolute atomic E-state index is 0.0132. The third-order valence-corrected chi connectivity index (χ3v) is 6.18. The van der Waals surface area contributed by atoms with Crippen LogP contribution in [0, 0.1) is 5.41 Å². The summed E-state index contributed by atoms with van der Waals surface area (Å²) < 4.78 is 24.3. The van der Waals surface area contributed by atoms with Crippen LogP contribution in [0.5, 0.6) is 0 Å². The molecule has 1 saturated heterocycles. The Labute approximate surface area is 120 Å². The van der Waals surface area contributed by atoms with Gasteiger partial charge in [0.2, 0.25) is 0 Å². The molecule has 116 valence electrons. The highest BCUT2D eigenvalue weighted by atomic mass is 32.2. The van der Waals surface area contributed by atoms with Crippen molar-refractivity contribution in [1.29, 1.82) is 0 Å². The summed E-state index contributed by atoms with van der Waals surface area (Å²) in [6.07, 6.45) is 1.45. The molecule has 1 aliphatic heterocycles. The van der Waals surface area contributed by atoms with Gasteiger partial charge in [-0.2, -0.15) is 0 Å². The highest BCUT2D eigenvalue weighted by molar-refractivity contribution is 7.91. The number of likely N-dealkylation sites (N-methyl/N-ethyl adjacent to an activating group) is 1. The van der Waals surface area contributed by atoms with E-state index in [0.29, 0.717) is 6.54 Å². The van der Waals surface area contributed by atoms with Gasteiger partial charge in [-0.05, 0) is 25.3 Å². The van der Waals surface area contributed by atoms with E-state index in [1.165, 1.54) is 0 Å². The third-order valence-electron chi connectivity index (χ3n) is 4.32. The van der Waals surface area contributed by atoms with Crippen LogP contribution in [0.15, 0.2) is 0 Å². The number of piperazine rings is 1. The number of hydrogen-bond donors (Lipinski definition) is 1. The maximum Gasteiger partial charge on any atom is 0.303 e. The van der Waals surface area contributed by atoms with Crippen LogP contribution in [0.3, 0.4) is 0 Å². The quantitative estimate of drug-likeness (QED) is 0.708. The van der Waals surface area contributed by atoms with E-state index in [1.807, 2.05) is 0 Å². The van der Waals surface area contributed by atoms with Crippen LogP contribution in [-0.4, -0.2) is 80.6 Å². The Morgan fingerprint density at radius 3 is 2.30 bits per heavy atom. The Balaban J connectivity index is 1.78. The monoisotopic (exact) mass is 304 g/mol. The third kappa shape index (κ3) is 4.71. The first kappa shape index (κ1) is 15.7. The summed E-state index contributed by atoms with van der Waals surface area (Å²) in [5.41, 5.74) is -0.465. The first-order valence-electron chi connectivity index (χ1n) is 7.13. The van der Waals surface area contributed by atoms with Crippen molar-refractivity contribution < 1.29 is 18.3 Å². The Morgan fingerprint density at radius 1 is 1.20 bits per heavy atom. The Morgan fingerprint density at radius 2 is 1.80 bits per heavy atom. The minimum atomic E-state index is -3.15. The zero-order chi connectivity index (χ0) is 14.8. The average molecular weight is 304 g/mol. The van der Waals surface area contributed by atoms with Gasteiger partial charge in [0, 0.05) is 32.7 Å². The fourth-order valence-corrected chi connectivity index (χ4v) is 4.75. The van der Waals surface area contributed by atoms with E-state index in [2.05, 4.69) is 16.8 Å². The van der Waals surface area contributed by atoms with Gasteiger partial charge in [0.1, 0.15) is 0 Å². The molecule has 2 aliphatic rings. The minimum Gasteiger partial charge on any atom is -0.481 e. The van der Waals surface area contributed by atoms with Gasteiger partial charge >= 0.3 is 5.97 Å². The van der Waals surface area contributed by atoms with E-state index in [9.17, 15) is 13.2 Å². The number of hydrogen-bond acceptors (Lipinski definition) is 5. The van der Waals surface area contributed by atoms with E-state index < -0.39 is 21.2 Å². The number of carboxylic acid groups (broad SMARTS) is 1. The zero-order valence-corrected chi connectivity index (χ0v) is 12.9. The van der Waals surface area contributed by atoms with Gasteiger partial charge in [0.25, 0.3) is 0 Å². The van der Waals surface area contributed by atoms with Crippen LogP contribution in [0.4, 0.5) is 0 Å². The molecule has 2 fully saturated rings. The van der Waals surface area contributed by atoms with Crippen LogP contribution >= 0.6 is 0 Å². The standard InChI is InChI=1S/C13H24N2O4S/c1-14-4-6-15(7-5-14)8-9-20(18,19)11-13(2-3-13)10-12(16)17/h2-11H2,1H3,(H,16,17). The molecular formula is C13H24N2O4S. The van der Waals surface area contributed by atoms with Crippen molar-refractivity contribution in [2.45, 2.75) is 19.3 Å². The summed E-state index contributed by atoms with van der Waals surface area (Å²) in [6, 6.07) is 0. The first-order chi connectivity index (χ1) is 9.30. The van der Waals surface area contributed by atoms with Crippen LogP contribution in [0.1, 0.15) is 19.3 Å². The summed E-state index contributed by atoms with van der Waals surface area (Å²) in [5, 5.41) is 8.84. The molecule has 1 N–H and O–H groups in total. The summed E-state index contributed by atoms with van der Waals surface area (Å²) >= 11 is 0. The molecule has 1 saturated carbocycles. The zero-order valence-electron chi connectivity index (χ0n) is 12.0. The predicted molar refractivity (Wildman–Crippen MR) is 76.5 cm³/mol. The number of aliphatic carboxylic acids is 1. The number of carboxylic acids is 1. The fourth-order valence-electron chi connectivity index (χ4n) is 2.75. The highest BCUT2D eigenvalue weighted by Gasteiger charge is 2.47. The van der Waals surface area contributed by atoms with Gasteiger partial charge in [0.05, 0.1) is 17.9 Å². The number of nitrogens with zero attached hydrogens (tertiary/aromatic N) is 2. The second kappa shape index (κ2) is 5.99. The van der Waals surface area contributed by atoms with Gasteiger partial charge in [-0.15, -0.1) is 0 Å². The maximum absolute atomic E-state index is 12.1. The van der Waals surface area contributed by atoms with Crippen LogP contribution < -0.4 is 0 Å². The Hall–Kier alpha value is -0.660. The lowest BCUT2D eigenvalue weighted by molar-refractivity contribution is -0.138. The van der Waals surface area contributed by atoms with E-state index in [4.69, 9.17) is 5.11 Å². The largest absolute Gasteiger partial charge is 0.481 e. The van der Waals surface area contributed by atoms with Crippen molar-refractivity contribution in [3.8, 4) is 0 Å². The van der Waals surface area contributed by atoms with Gasteiger partial charge in [-0.1, -0.05) is 0 Å². The summed E-state index contributed by atoms with van der Waals surface area (Å²) in [6.45, 7) is 4.34. The van der Waals surface area contributed by atoms with Crippen molar-refractivity contribution in [2.24, 2.45) is 5.41 Å². The fraction of sp³-hybridized carbons (Fsp3) is 0.923. The maximum atomic E-state index is 12.1. The second-order valence-electron chi connectivity index (χ2n) is 6.31. The van der Waals surface area contributed by atoms with E-state index in [1.54, 1.807) is 0 Å². The molecule has 1 heterocycles. The number of sulfone groups is 1. The van der Waals surface area contributed by atoms with E-state index >= 15 is 0 Å². The molecule has 0 radical (unpaired) electrons. The highest BCUT2D eigenvalue weighted by Crippen LogP contribution is 2.49. The molecule has 20 heavy (non-hydrogen) atoms. The van der Waals surface area contributed by atoms with Crippen molar-refractivity contribution in [3.05, 3.63) is 0 Å². The van der Waals surface area contributed by atoms with Crippen LogP contribution in [0.25, 0.3) is 0 Å². The molecule has 0 aromatic carbocycles. The van der Waals surface area contributed by atoms with E-state index in [-0.39, 0.29) is 17.9 Å². The molecule has 1 aliphatic carbocycles. The van der Waals surface area contributed by atoms with Crippen molar-refractivity contribution in [2.75, 3.05) is 51.3 Å². The molecule has 7 heteroatoms. The van der Waals surface area contributed by atoms with Crippen LogP contribution in [-0.2, 0) is 14.6 Å². The lowest BCUT2D eigenvalue weighted by Crippen LogP contribution is -2.46. The molecule has 0 spiro atoms. The smallest absolute Gasteiger partial charge is 0.303 e. The summed E-state index contributed by atoms with van der Waals surface area (Å²) in [4.78, 5) is 15.2. The van der Waals surface area contributed by atoms with Crippen molar-refractivity contribution in [3.63, 3.8) is 0 Å². The molecule has 0 aromatic rings. The molecule has 0 atom stereocenters. The van der Waals surface area contributed by atoms with Gasteiger partial charge in [0.15, 0.2) is 9.84 Å². The molecule has 6 nitrogen and oxygen atoms in total. The second-order valence-corrected chi connectivity index (χ2v) is 8.49. The lowest BCUT2D eigenvalue weighted by atomic mass is 10.1. The SMILES string of the molecule is CN1CCN(CCS(=O)(=O)CC2(CC(=O)O)CC2)CC1. The van der Waals surface area contributed by atoms with Crippen LogP contribution in [0.2, 0.25) is 0 Å². The van der Waals surface area contributed by atoms with Gasteiger partial charge in [-0.25, -0.2) is 8.42 Å². The normalized spacial score (nSPS) is 23.6. The van der Waals surface area contributed by atoms with Crippen molar-refractivity contribution >= 4 is 15.8 Å². The first-order valence-corrected chi connectivity index (χ1v) is 8.96. The number of rotatable bonds is 7. The summed E-state index contributed by atoms with van der Waals surface area (Å²) in [7, 11) is -1.09. The van der Waals surface area contributed by atoms with Gasteiger partial charge in [-0.3, -0.25) is 9.69 Å². The van der Waals surface area contributed by atoms with Gasteiger partial charge < -0.3 is 10.0 Å². The average Bonchev–Trinajstić information content (AvgIpc) is 3.06. The Kier molecular flexibility index (Phi) is 4.71. The molecule has 0 aromatic heterocycles. The molecule has 2 rings (SSSR count). The lowest BCUT2D eigenvalue weighted by Gasteiger charge is -2.32. The Bertz CT molecular complexity index is 451. The molecule has 0 bridgehead atoms. The molecule has 0 unspecified atom stereocenters. The predicted octanol–water partition coefficient (Wildman–Crippen LogP) is -0.0965. The van der Waals surface area contributed by atoms with E-state index in [0.717, 1.165) is 39.0 Å². The van der Waals surface area contributed by atoms with Crippen molar-refractivity contribution in [1.82, 2.24) is 9.80 Å².